The number of aromatic nitrogens is 1. The van der Waals surface area contributed by atoms with Crippen molar-refractivity contribution in [2.75, 3.05) is 0 Å². The Labute approximate surface area is 92.0 Å². The zero-order chi connectivity index (χ0) is 10.1. The van der Waals surface area contributed by atoms with Crippen LogP contribution in [0.3, 0.4) is 0 Å². The molecule has 0 radical (unpaired) electrons. The number of halogens is 2. The van der Waals surface area contributed by atoms with Crippen molar-refractivity contribution in [3.63, 3.8) is 0 Å². The maximum Gasteiger partial charge on any atom is 0.149 e. The predicted octanol–water partition coefficient (Wildman–Crippen LogP) is 2.08. The van der Waals surface area contributed by atoms with Gasteiger partial charge in [0.25, 0.3) is 0 Å². The number of para-hydroxylation sites is 1. The summed E-state index contributed by atoms with van der Waals surface area (Å²) in [5, 5.41) is 7.88. The van der Waals surface area contributed by atoms with Gasteiger partial charge in [0, 0.05) is 17.1 Å². The standard InChI is InChI=1S/C10H8FN3.ClH/c11-8-3-1-2-6-7(10(12)13)4-5-14-9(6)8;/h1-5H,(H3,12,13);1H. The van der Waals surface area contributed by atoms with Gasteiger partial charge in [0.15, 0.2) is 0 Å². The van der Waals surface area contributed by atoms with Crippen LogP contribution in [0.25, 0.3) is 10.9 Å². The van der Waals surface area contributed by atoms with Gasteiger partial charge in [-0.15, -0.1) is 12.4 Å². The van der Waals surface area contributed by atoms with Crippen LogP contribution < -0.4 is 5.73 Å². The van der Waals surface area contributed by atoms with Gasteiger partial charge in [0.1, 0.15) is 17.2 Å². The maximum atomic E-state index is 13.3. The number of nitrogen functional groups attached to an aromatic ring is 1. The Morgan fingerprint density at radius 3 is 2.73 bits per heavy atom. The molecule has 78 valence electrons. The highest BCUT2D eigenvalue weighted by Crippen LogP contribution is 2.18. The largest absolute Gasteiger partial charge is 0.384 e. The third kappa shape index (κ3) is 1.89. The molecule has 0 aliphatic heterocycles. The van der Waals surface area contributed by atoms with Gasteiger partial charge in [-0.1, -0.05) is 12.1 Å². The monoisotopic (exact) mass is 225 g/mol. The fourth-order valence-electron chi connectivity index (χ4n) is 1.37. The number of nitrogens with one attached hydrogen (secondary N) is 1. The fraction of sp³-hybridized carbons (Fsp3) is 0. The summed E-state index contributed by atoms with van der Waals surface area (Å²) in [6, 6.07) is 6.21. The zero-order valence-electron chi connectivity index (χ0n) is 7.70. The Kier molecular flexibility index (Phi) is 3.21. The maximum absolute atomic E-state index is 13.3. The second kappa shape index (κ2) is 4.23. The molecular weight excluding hydrogens is 217 g/mol. The van der Waals surface area contributed by atoms with E-state index in [2.05, 4.69) is 4.98 Å². The van der Waals surface area contributed by atoms with Crippen LogP contribution in [0.15, 0.2) is 30.5 Å². The van der Waals surface area contributed by atoms with Gasteiger partial charge in [-0.2, -0.15) is 0 Å². The first-order chi connectivity index (χ1) is 6.70. The molecule has 15 heavy (non-hydrogen) atoms. The molecule has 0 amide bonds. The molecule has 0 saturated heterocycles. The summed E-state index contributed by atoms with van der Waals surface area (Å²) in [6.07, 6.45) is 1.45. The number of benzene rings is 1. The molecule has 1 aromatic heterocycles. The fourth-order valence-corrected chi connectivity index (χ4v) is 1.37. The average Bonchev–Trinajstić information content (AvgIpc) is 2.17. The summed E-state index contributed by atoms with van der Waals surface area (Å²) in [5.41, 5.74) is 6.12. The van der Waals surface area contributed by atoms with Crippen molar-refractivity contribution in [3.05, 3.63) is 41.8 Å². The minimum absolute atomic E-state index is 0. The van der Waals surface area contributed by atoms with Gasteiger partial charge < -0.3 is 5.73 Å². The lowest BCUT2D eigenvalue weighted by molar-refractivity contribution is 0.637. The lowest BCUT2D eigenvalue weighted by Gasteiger charge is -2.03. The van der Waals surface area contributed by atoms with E-state index in [1.165, 1.54) is 12.3 Å². The molecule has 0 atom stereocenters. The van der Waals surface area contributed by atoms with Crippen molar-refractivity contribution in [2.45, 2.75) is 0 Å². The van der Waals surface area contributed by atoms with Crippen LogP contribution in [0.5, 0.6) is 0 Å². The highest BCUT2D eigenvalue weighted by atomic mass is 35.5. The zero-order valence-corrected chi connectivity index (χ0v) is 8.51. The minimum atomic E-state index is -0.398. The summed E-state index contributed by atoms with van der Waals surface area (Å²) in [6.45, 7) is 0. The quantitative estimate of drug-likeness (QED) is 0.577. The highest BCUT2D eigenvalue weighted by Gasteiger charge is 2.06. The van der Waals surface area contributed by atoms with Crippen molar-refractivity contribution < 1.29 is 4.39 Å². The molecule has 3 N–H and O–H groups in total. The smallest absolute Gasteiger partial charge is 0.149 e. The molecule has 0 aliphatic carbocycles. The Morgan fingerprint density at radius 1 is 1.33 bits per heavy atom. The van der Waals surface area contributed by atoms with Crippen LogP contribution in [0.4, 0.5) is 4.39 Å². The van der Waals surface area contributed by atoms with Crippen molar-refractivity contribution in [1.29, 1.82) is 5.41 Å². The van der Waals surface area contributed by atoms with Gasteiger partial charge in [-0.05, 0) is 12.1 Å². The molecule has 0 aliphatic rings. The van der Waals surface area contributed by atoms with Crippen molar-refractivity contribution in [3.8, 4) is 0 Å². The van der Waals surface area contributed by atoms with E-state index >= 15 is 0 Å². The normalized spacial score (nSPS) is 9.67. The predicted molar refractivity (Wildman–Crippen MR) is 60.0 cm³/mol. The van der Waals surface area contributed by atoms with E-state index in [1.54, 1.807) is 18.2 Å². The Bertz CT molecular complexity index is 513. The first-order valence-electron chi connectivity index (χ1n) is 4.08. The number of amidine groups is 1. The Morgan fingerprint density at radius 2 is 2.07 bits per heavy atom. The lowest BCUT2D eigenvalue weighted by Crippen LogP contribution is -2.11. The molecule has 5 heteroatoms. The highest BCUT2D eigenvalue weighted by molar-refractivity contribution is 6.06. The van der Waals surface area contributed by atoms with Crippen LogP contribution in [-0.4, -0.2) is 10.8 Å². The summed E-state index contributed by atoms with van der Waals surface area (Å²) >= 11 is 0. The third-order valence-corrected chi connectivity index (χ3v) is 2.01. The van der Waals surface area contributed by atoms with Gasteiger partial charge in [-0.3, -0.25) is 10.4 Å². The number of rotatable bonds is 1. The molecular formula is C10H9ClFN3. The van der Waals surface area contributed by atoms with Crippen molar-refractivity contribution in [1.82, 2.24) is 4.98 Å². The van der Waals surface area contributed by atoms with E-state index in [0.717, 1.165) is 0 Å². The molecule has 0 fully saturated rings. The first-order valence-corrected chi connectivity index (χ1v) is 4.08. The van der Waals surface area contributed by atoms with E-state index < -0.39 is 5.82 Å². The molecule has 0 unspecified atom stereocenters. The van der Waals surface area contributed by atoms with Crippen LogP contribution in [0.1, 0.15) is 5.56 Å². The number of pyridine rings is 1. The third-order valence-electron chi connectivity index (χ3n) is 2.01. The van der Waals surface area contributed by atoms with Crippen molar-refractivity contribution in [2.24, 2.45) is 5.73 Å². The second-order valence-electron chi connectivity index (χ2n) is 2.91. The number of hydrogen-bond acceptors (Lipinski definition) is 2. The van der Waals surface area contributed by atoms with Gasteiger partial charge >= 0.3 is 0 Å². The molecule has 3 nitrogen and oxygen atoms in total. The average molecular weight is 226 g/mol. The number of hydrogen-bond donors (Lipinski definition) is 2. The molecule has 1 heterocycles. The van der Waals surface area contributed by atoms with E-state index in [0.29, 0.717) is 10.9 Å². The van der Waals surface area contributed by atoms with E-state index in [9.17, 15) is 4.39 Å². The van der Waals surface area contributed by atoms with Gasteiger partial charge in [0.05, 0.1) is 0 Å². The number of fused-ring (bicyclic) bond motifs is 1. The molecule has 0 bridgehead atoms. The SMILES string of the molecule is Cl.N=C(N)c1ccnc2c(F)cccc12. The second-order valence-corrected chi connectivity index (χ2v) is 2.91. The molecule has 1 aromatic carbocycles. The number of nitrogens with two attached hydrogens (primary N) is 1. The summed E-state index contributed by atoms with van der Waals surface area (Å²) in [4.78, 5) is 3.90. The minimum Gasteiger partial charge on any atom is -0.384 e. The molecule has 2 aromatic rings. The van der Waals surface area contributed by atoms with Crippen LogP contribution in [0.2, 0.25) is 0 Å². The van der Waals surface area contributed by atoms with Crippen LogP contribution in [-0.2, 0) is 0 Å². The Hall–Kier alpha value is -1.68. The summed E-state index contributed by atoms with van der Waals surface area (Å²) in [5.74, 6) is -0.478. The van der Waals surface area contributed by atoms with Crippen LogP contribution >= 0.6 is 12.4 Å². The Balaban J connectivity index is 0.00000112. The van der Waals surface area contributed by atoms with E-state index in [1.807, 2.05) is 0 Å². The molecule has 0 spiro atoms. The van der Waals surface area contributed by atoms with E-state index in [4.69, 9.17) is 11.1 Å². The van der Waals surface area contributed by atoms with E-state index in [-0.39, 0.29) is 23.8 Å². The van der Waals surface area contributed by atoms with Gasteiger partial charge in [-0.25, -0.2) is 4.39 Å². The number of nitrogens with zero attached hydrogens (tertiary/aromatic N) is 1. The van der Waals surface area contributed by atoms with Crippen LogP contribution in [0, 0.1) is 11.2 Å². The first kappa shape index (κ1) is 11.4. The van der Waals surface area contributed by atoms with Gasteiger partial charge in [0.2, 0.25) is 0 Å². The topological polar surface area (TPSA) is 62.8 Å². The summed E-state index contributed by atoms with van der Waals surface area (Å²) in [7, 11) is 0. The molecule has 2 rings (SSSR count). The van der Waals surface area contributed by atoms with Crippen molar-refractivity contribution >= 4 is 29.1 Å². The molecule has 0 saturated carbocycles. The lowest BCUT2D eigenvalue weighted by atomic mass is 10.1. The summed E-state index contributed by atoms with van der Waals surface area (Å²) < 4.78 is 13.3.